The Labute approximate surface area is 180 Å². The molecular weight excluding hydrogens is 423 g/mol. The van der Waals surface area contributed by atoms with Crippen molar-refractivity contribution in [2.24, 2.45) is 0 Å². The summed E-state index contributed by atoms with van der Waals surface area (Å²) in [5.74, 6) is -1.23. The second kappa shape index (κ2) is 7.95. The summed E-state index contributed by atoms with van der Waals surface area (Å²) in [5.41, 5.74) is 1.45. The number of aromatic carboxylic acids is 1. The van der Waals surface area contributed by atoms with E-state index >= 15 is 0 Å². The van der Waals surface area contributed by atoms with E-state index in [1.54, 1.807) is 18.5 Å². The maximum absolute atomic E-state index is 13.2. The van der Waals surface area contributed by atoms with Crippen molar-refractivity contribution in [1.82, 2.24) is 19.9 Å². The number of carbonyl (C=O) groups is 1. The summed E-state index contributed by atoms with van der Waals surface area (Å²) in [5, 5.41) is 12.7. The Morgan fingerprint density at radius 3 is 2.56 bits per heavy atom. The van der Waals surface area contributed by atoms with E-state index in [1.165, 1.54) is 6.20 Å². The fourth-order valence-corrected chi connectivity index (χ4v) is 3.41. The van der Waals surface area contributed by atoms with Crippen LogP contribution in [0.2, 0.25) is 0 Å². The van der Waals surface area contributed by atoms with Gasteiger partial charge in [-0.15, -0.1) is 0 Å². The quantitative estimate of drug-likeness (QED) is 0.372. The van der Waals surface area contributed by atoms with Gasteiger partial charge in [-0.25, -0.2) is 14.8 Å². The molecule has 164 valence electrons. The van der Waals surface area contributed by atoms with Crippen molar-refractivity contribution in [3.8, 4) is 11.3 Å². The fraction of sp³-hybridized carbons (Fsp3) is 0.182. The van der Waals surface area contributed by atoms with Gasteiger partial charge in [-0.05, 0) is 36.2 Å². The lowest BCUT2D eigenvalue weighted by Crippen LogP contribution is -2.09. The molecule has 1 aromatic carbocycles. The summed E-state index contributed by atoms with van der Waals surface area (Å²) in [6.07, 6.45) is 0.277. The molecule has 0 unspecified atom stereocenters. The van der Waals surface area contributed by atoms with Gasteiger partial charge in [0.05, 0.1) is 28.0 Å². The molecule has 0 aliphatic carbocycles. The average Bonchev–Trinajstić information content (AvgIpc) is 3.17. The fourth-order valence-electron chi connectivity index (χ4n) is 3.41. The van der Waals surface area contributed by atoms with E-state index in [0.717, 1.165) is 34.3 Å². The first-order chi connectivity index (χ1) is 15.1. The zero-order valence-electron chi connectivity index (χ0n) is 17.0. The van der Waals surface area contributed by atoms with Gasteiger partial charge in [-0.1, -0.05) is 13.8 Å². The molecule has 0 radical (unpaired) electrons. The lowest BCUT2D eigenvalue weighted by molar-refractivity contribution is -0.137. The van der Waals surface area contributed by atoms with E-state index in [0.29, 0.717) is 11.8 Å². The number of carboxylic acids is 1. The summed E-state index contributed by atoms with van der Waals surface area (Å²) in [6.45, 7) is 4.07. The molecule has 0 saturated heterocycles. The minimum Gasteiger partial charge on any atom is -0.478 e. The molecule has 0 saturated carbocycles. The van der Waals surface area contributed by atoms with Crippen LogP contribution in [0.15, 0.2) is 48.9 Å². The molecule has 0 atom stereocenters. The average molecular weight is 441 g/mol. The van der Waals surface area contributed by atoms with E-state index in [4.69, 9.17) is 5.11 Å². The number of fused-ring (bicyclic) bond motifs is 1. The number of nitrogens with zero attached hydrogens (tertiary/aromatic N) is 3. The van der Waals surface area contributed by atoms with Gasteiger partial charge in [0, 0.05) is 35.2 Å². The standard InChI is InChI=1S/C22H18F3N5O2/c1-11(2)18-19-15(3-5-26-18)16(10-28-19)17-4-6-27-21(30-17)29-14-8-12(20(31)32)7-13(9-14)22(23,24)25/h3-11,28H,1-2H3,(H,31,32)(H,27,29,30). The monoisotopic (exact) mass is 441 g/mol. The van der Waals surface area contributed by atoms with E-state index in [1.807, 2.05) is 19.9 Å². The van der Waals surface area contributed by atoms with Crippen LogP contribution < -0.4 is 5.32 Å². The van der Waals surface area contributed by atoms with Gasteiger partial charge < -0.3 is 15.4 Å². The summed E-state index contributed by atoms with van der Waals surface area (Å²) in [6, 6.07) is 6.03. The lowest BCUT2D eigenvalue weighted by atomic mass is 10.1. The second-order valence-electron chi connectivity index (χ2n) is 7.47. The topological polar surface area (TPSA) is 104 Å². The number of halogens is 3. The zero-order valence-corrected chi connectivity index (χ0v) is 17.0. The van der Waals surface area contributed by atoms with Crippen LogP contribution >= 0.6 is 0 Å². The Hall–Kier alpha value is -3.95. The normalized spacial score (nSPS) is 11.8. The van der Waals surface area contributed by atoms with Crippen molar-refractivity contribution < 1.29 is 23.1 Å². The lowest BCUT2D eigenvalue weighted by Gasteiger charge is -2.12. The first-order valence-electron chi connectivity index (χ1n) is 9.65. The molecule has 0 fully saturated rings. The van der Waals surface area contributed by atoms with Crippen molar-refractivity contribution in [1.29, 1.82) is 0 Å². The molecule has 0 aliphatic rings. The molecule has 4 aromatic rings. The summed E-state index contributed by atoms with van der Waals surface area (Å²) < 4.78 is 39.5. The van der Waals surface area contributed by atoms with Crippen LogP contribution in [0.1, 0.15) is 41.4 Å². The first kappa shape index (κ1) is 21.3. The number of H-pyrrole nitrogens is 1. The number of benzene rings is 1. The van der Waals surface area contributed by atoms with Crippen LogP contribution in [0.5, 0.6) is 0 Å². The van der Waals surface area contributed by atoms with Crippen molar-refractivity contribution in [2.45, 2.75) is 25.9 Å². The number of nitrogens with one attached hydrogen (secondary N) is 2. The van der Waals surface area contributed by atoms with Crippen LogP contribution in [0, 0.1) is 0 Å². The number of hydrogen-bond donors (Lipinski definition) is 3. The molecule has 0 amide bonds. The third kappa shape index (κ3) is 4.11. The molecule has 0 spiro atoms. The molecule has 0 bridgehead atoms. The predicted octanol–water partition coefficient (Wildman–Crippen LogP) is 5.60. The third-order valence-electron chi connectivity index (χ3n) is 4.87. The Morgan fingerprint density at radius 2 is 1.88 bits per heavy atom. The Morgan fingerprint density at radius 1 is 1.12 bits per heavy atom. The molecule has 3 N–H and O–H groups in total. The summed E-state index contributed by atoms with van der Waals surface area (Å²) in [7, 11) is 0. The Bertz CT molecular complexity index is 1310. The van der Waals surface area contributed by atoms with Gasteiger partial charge in [0.2, 0.25) is 5.95 Å². The van der Waals surface area contributed by atoms with Gasteiger partial charge in [0.1, 0.15) is 0 Å². The molecule has 0 aliphatic heterocycles. The molecule has 4 rings (SSSR count). The Balaban J connectivity index is 1.73. The number of rotatable bonds is 5. The van der Waals surface area contributed by atoms with Gasteiger partial charge in [0.15, 0.2) is 0 Å². The van der Waals surface area contributed by atoms with E-state index in [9.17, 15) is 18.0 Å². The number of hydrogen-bond acceptors (Lipinski definition) is 5. The second-order valence-corrected chi connectivity index (χ2v) is 7.47. The SMILES string of the molecule is CC(C)c1nccc2c(-c3ccnc(Nc4cc(C(=O)O)cc(C(F)(F)F)c4)n3)c[nH]c12. The zero-order chi connectivity index (χ0) is 23.0. The number of pyridine rings is 1. The van der Waals surface area contributed by atoms with Gasteiger partial charge in [-0.3, -0.25) is 4.98 Å². The van der Waals surface area contributed by atoms with Crippen LogP contribution in [-0.4, -0.2) is 31.0 Å². The highest BCUT2D eigenvalue weighted by molar-refractivity contribution is 5.96. The highest BCUT2D eigenvalue weighted by atomic mass is 19.4. The summed E-state index contributed by atoms with van der Waals surface area (Å²) >= 11 is 0. The van der Waals surface area contributed by atoms with Crippen molar-refractivity contribution in [3.63, 3.8) is 0 Å². The van der Waals surface area contributed by atoms with Gasteiger partial charge >= 0.3 is 12.1 Å². The minimum absolute atomic E-state index is 0.0330. The molecule has 32 heavy (non-hydrogen) atoms. The number of anilines is 2. The number of aromatic amines is 1. The maximum atomic E-state index is 13.2. The molecule has 10 heteroatoms. The van der Waals surface area contributed by atoms with Crippen molar-refractivity contribution in [2.75, 3.05) is 5.32 Å². The predicted molar refractivity (Wildman–Crippen MR) is 113 cm³/mol. The van der Waals surface area contributed by atoms with Crippen LogP contribution in [-0.2, 0) is 6.18 Å². The van der Waals surface area contributed by atoms with E-state index in [2.05, 4.69) is 25.3 Å². The van der Waals surface area contributed by atoms with Crippen LogP contribution in [0.4, 0.5) is 24.8 Å². The molecule has 3 heterocycles. The number of aromatic nitrogens is 4. The minimum atomic E-state index is -4.70. The van der Waals surface area contributed by atoms with Gasteiger partial charge in [-0.2, -0.15) is 13.2 Å². The molecule has 3 aromatic heterocycles. The smallest absolute Gasteiger partial charge is 0.416 e. The van der Waals surface area contributed by atoms with Gasteiger partial charge in [0.25, 0.3) is 0 Å². The highest BCUT2D eigenvalue weighted by Gasteiger charge is 2.32. The van der Waals surface area contributed by atoms with E-state index < -0.39 is 23.3 Å². The largest absolute Gasteiger partial charge is 0.478 e. The van der Waals surface area contributed by atoms with Crippen LogP contribution in [0.3, 0.4) is 0 Å². The third-order valence-corrected chi connectivity index (χ3v) is 4.87. The van der Waals surface area contributed by atoms with E-state index in [-0.39, 0.29) is 17.6 Å². The Kier molecular flexibility index (Phi) is 5.29. The van der Waals surface area contributed by atoms with Crippen LogP contribution in [0.25, 0.3) is 22.2 Å². The number of alkyl halides is 3. The van der Waals surface area contributed by atoms with Crippen molar-refractivity contribution in [3.05, 3.63) is 65.7 Å². The molecular formula is C22H18F3N5O2. The summed E-state index contributed by atoms with van der Waals surface area (Å²) in [4.78, 5) is 27.4. The maximum Gasteiger partial charge on any atom is 0.416 e. The molecule has 7 nitrogen and oxygen atoms in total. The highest BCUT2D eigenvalue weighted by Crippen LogP contribution is 2.34. The van der Waals surface area contributed by atoms with Crippen molar-refractivity contribution >= 4 is 28.5 Å². The number of carboxylic acid groups (broad SMARTS) is 1. The first-order valence-corrected chi connectivity index (χ1v) is 9.65.